The molecule has 0 unspecified atom stereocenters. The lowest BCUT2D eigenvalue weighted by Gasteiger charge is -2.09. The SMILES string of the molecule is CC(=O)Nc1cc(Cn2c(C)c(O)n(-c3ccc(S(=O)(=O)C(F)(F)F)cc3)c2=O)ccn1. The fourth-order valence-electron chi connectivity index (χ4n) is 2.97. The molecule has 1 aromatic carbocycles. The number of carbonyl (C=O) groups excluding carboxylic acids is 1. The fraction of sp³-hybridized carbons (Fsp3) is 0.211. The highest BCUT2D eigenvalue weighted by Crippen LogP contribution is 2.31. The van der Waals surface area contributed by atoms with Crippen LogP contribution in [0.5, 0.6) is 5.88 Å². The third kappa shape index (κ3) is 4.23. The summed E-state index contributed by atoms with van der Waals surface area (Å²) in [5.74, 6) is -0.522. The maximum Gasteiger partial charge on any atom is 0.501 e. The van der Waals surface area contributed by atoms with E-state index in [1.54, 1.807) is 12.1 Å². The second-order valence-corrected chi connectivity index (χ2v) is 8.73. The Bertz CT molecular complexity index is 1340. The molecule has 0 aliphatic heterocycles. The molecule has 2 heterocycles. The highest BCUT2D eigenvalue weighted by Gasteiger charge is 2.46. The van der Waals surface area contributed by atoms with Crippen LogP contribution >= 0.6 is 0 Å². The summed E-state index contributed by atoms with van der Waals surface area (Å²) in [6, 6.07) is 6.54. The number of hydrogen-bond donors (Lipinski definition) is 2. The van der Waals surface area contributed by atoms with E-state index in [9.17, 15) is 36.3 Å². The normalized spacial score (nSPS) is 12.0. The third-order valence-corrected chi connectivity index (χ3v) is 6.04. The number of halogens is 3. The molecule has 0 fully saturated rings. The topological polar surface area (TPSA) is 123 Å². The minimum Gasteiger partial charge on any atom is -0.493 e. The van der Waals surface area contributed by atoms with Gasteiger partial charge in [-0.3, -0.25) is 9.36 Å². The number of amides is 1. The number of benzene rings is 1. The maximum atomic E-state index is 12.9. The number of alkyl halides is 3. The summed E-state index contributed by atoms with van der Waals surface area (Å²) in [5, 5.41) is 12.9. The number of carbonyl (C=O) groups is 1. The lowest BCUT2D eigenvalue weighted by atomic mass is 10.2. The van der Waals surface area contributed by atoms with Gasteiger partial charge in [0.15, 0.2) is 0 Å². The number of anilines is 1. The predicted octanol–water partition coefficient (Wildman–Crippen LogP) is 2.35. The number of rotatable bonds is 5. The highest BCUT2D eigenvalue weighted by atomic mass is 32.2. The summed E-state index contributed by atoms with van der Waals surface area (Å²) >= 11 is 0. The van der Waals surface area contributed by atoms with E-state index in [1.807, 2.05) is 0 Å². The van der Waals surface area contributed by atoms with E-state index >= 15 is 0 Å². The zero-order valence-electron chi connectivity index (χ0n) is 16.7. The van der Waals surface area contributed by atoms with Gasteiger partial charge in [0, 0.05) is 13.1 Å². The number of hydrogen-bond acceptors (Lipinski definition) is 6. The lowest BCUT2D eigenvalue weighted by molar-refractivity contribution is -0.114. The Morgan fingerprint density at radius 3 is 2.38 bits per heavy atom. The second kappa shape index (κ2) is 8.15. The summed E-state index contributed by atoms with van der Waals surface area (Å²) in [6.07, 6.45) is 1.43. The van der Waals surface area contributed by atoms with Crippen molar-refractivity contribution in [2.24, 2.45) is 0 Å². The smallest absolute Gasteiger partial charge is 0.493 e. The van der Waals surface area contributed by atoms with Crippen LogP contribution in [-0.4, -0.2) is 39.1 Å². The van der Waals surface area contributed by atoms with Gasteiger partial charge in [-0.2, -0.15) is 13.2 Å². The van der Waals surface area contributed by atoms with E-state index in [-0.39, 0.29) is 29.7 Å². The number of nitrogens with one attached hydrogen (secondary N) is 1. The minimum absolute atomic E-state index is 0.000861. The van der Waals surface area contributed by atoms with Gasteiger partial charge in [0.05, 0.1) is 22.8 Å². The number of aromatic nitrogens is 3. The van der Waals surface area contributed by atoms with Gasteiger partial charge in [-0.1, -0.05) is 0 Å². The number of imidazole rings is 1. The number of sulfone groups is 1. The van der Waals surface area contributed by atoms with Gasteiger partial charge in [0.2, 0.25) is 11.8 Å². The Balaban J connectivity index is 1.99. The van der Waals surface area contributed by atoms with Gasteiger partial charge in [-0.05, 0) is 48.9 Å². The van der Waals surface area contributed by atoms with Gasteiger partial charge >= 0.3 is 11.2 Å². The van der Waals surface area contributed by atoms with Crippen molar-refractivity contribution >= 4 is 21.6 Å². The predicted molar refractivity (Wildman–Crippen MR) is 107 cm³/mol. The zero-order valence-corrected chi connectivity index (χ0v) is 17.5. The summed E-state index contributed by atoms with van der Waals surface area (Å²) in [6.45, 7) is 2.78. The Morgan fingerprint density at radius 2 is 1.81 bits per heavy atom. The van der Waals surface area contributed by atoms with E-state index in [0.717, 1.165) is 16.7 Å². The van der Waals surface area contributed by atoms with Crippen molar-refractivity contribution in [3.63, 3.8) is 0 Å². The molecule has 1 amide bonds. The molecule has 2 aromatic heterocycles. The van der Waals surface area contributed by atoms with Gasteiger partial charge < -0.3 is 10.4 Å². The molecule has 32 heavy (non-hydrogen) atoms. The highest BCUT2D eigenvalue weighted by molar-refractivity contribution is 7.92. The molecule has 0 saturated heterocycles. The number of pyridine rings is 1. The molecule has 0 saturated carbocycles. The van der Waals surface area contributed by atoms with Crippen molar-refractivity contribution in [1.82, 2.24) is 14.1 Å². The van der Waals surface area contributed by atoms with Crippen LogP contribution in [0.1, 0.15) is 18.2 Å². The van der Waals surface area contributed by atoms with E-state index in [1.165, 1.54) is 24.6 Å². The second-order valence-electron chi connectivity index (χ2n) is 6.79. The largest absolute Gasteiger partial charge is 0.501 e. The first-order valence-corrected chi connectivity index (χ1v) is 10.5. The van der Waals surface area contributed by atoms with Crippen LogP contribution < -0.4 is 11.0 Å². The first-order chi connectivity index (χ1) is 14.8. The van der Waals surface area contributed by atoms with Crippen LogP contribution in [0.3, 0.4) is 0 Å². The summed E-state index contributed by atoms with van der Waals surface area (Å²) in [7, 11) is -5.54. The van der Waals surface area contributed by atoms with Crippen molar-refractivity contribution in [2.75, 3.05) is 5.32 Å². The molecule has 13 heteroatoms. The molecule has 2 N–H and O–H groups in total. The molecule has 0 aliphatic carbocycles. The van der Waals surface area contributed by atoms with Crippen molar-refractivity contribution in [3.05, 3.63) is 64.3 Å². The van der Waals surface area contributed by atoms with E-state index in [4.69, 9.17) is 0 Å². The molecule has 9 nitrogen and oxygen atoms in total. The molecule has 3 rings (SSSR count). The Labute approximate surface area is 179 Å². The summed E-state index contributed by atoms with van der Waals surface area (Å²) in [4.78, 5) is 27.1. The van der Waals surface area contributed by atoms with Gasteiger partial charge in [0.1, 0.15) is 5.82 Å². The van der Waals surface area contributed by atoms with Gasteiger partial charge in [-0.25, -0.2) is 22.8 Å². The van der Waals surface area contributed by atoms with Crippen LogP contribution in [0.15, 0.2) is 52.3 Å². The van der Waals surface area contributed by atoms with Crippen LogP contribution in [0.25, 0.3) is 5.69 Å². The average molecular weight is 470 g/mol. The molecule has 0 radical (unpaired) electrons. The monoisotopic (exact) mass is 470 g/mol. The summed E-state index contributed by atoms with van der Waals surface area (Å²) < 4.78 is 63.2. The van der Waals surface area contributed by atoms with Gasteiger partial charge in [-0.15, -0.1) is 0 Å². The first kappa shape index (κ1) is 23.1. The average Bonchev–Trinajstić information content (AvgIpc) is 2.90. The van der Waals surface area contributed by atoms with Crippen LogP contribution in [0, 0.1) is 6.92 Å². The van der Waals surface area contributed by atoms with E-state index in [2.05, 4.69) is 10.3 Å². The molecule has 0 aliphatic rings. The van der Waals surface area contributed by atoms with Gasteiger partial charge in [0.25, 0.3) is 9.84 Å². The molecule has 0 spiro atoms. The van der Waals surface area contributed by atoms with Crippen molar-refractivity contribution in [3.8, 4) is 11.6 Å². The molecule has 0 atom stereocenters. The van der Waals surface area contributed by atoms with Crippen LogP contribution in [-0.2, 0) is 21.2 Å². The van der Waals surface area contributed by atoms with Crippen LogP contribution in [0.4, 0.5) is 19.0 Å². The molecular formula is C19H17F3N4O5S. The van der Waals surface area contributed by atoms with E-state index < -0.39 is 31.8 Å². The standard InChI is InChI=1S/C19H17F3N4O5S/c1-11-17(28)26(14-3-5-15(6-4-14)32(30,31)19(20,21)22)18(29)25(11)10-13-7-8-23-16(9-13)24-12(2)27/h3-9,28H,10H2,1-2H3,(H,23,24,27). The summed E-state index contributed by atoms with van der Waals surface area (Å²) in [5.41, 5.74) is -5.44. The lowest BCUT2D eigenvalue weighted by Crippen LogP contribution is -2.25. The molecular weight excluding hydrogens is 453 g/mol. The first-order valence-electron chi connectivity index (χ1n) is 8.98. The molecule has 3 aromatic rings. The van der Waals surface area contributed by atoms with E-state index in [0.29, 0.717) is 17.7 Å². The van der Waals surface area contributed by atoms with Crippen molar-refractivity contribution < 1.29 is 31.5 Å². The third-order valence-electron chi connectivity index (χ3n) is 4.54. The van der Waals surface area contributed by atoms with Crippen molar-refractivity contribution in [1.29, 1.82) is 0 Å². The van der Waals surface area contributed by atoms with Crippen LogP contribution in [0.2, 0.25) is 0 Å². The Hall–Kier alpha value is -3.61. The minimum atomic E-state index is -5.54. The Morgan fingerprint density at radius 1 is 1.19 bits per heavy atom. The number of nitrogens with zero attached hydrogens (tertiary/aromatic N) is 3. The zero-order chi connectivity index (χ0) is 23.8. The fourth-order valence-corrected chi connectivity index (χ4v) is 3.73. The molecule has 0 bridgehead atoms. The van der Waals surface area contributed by atoms with Crippen molar-refractivity contribution in [2.45, 2.75) is 30.8 Å². The maximum absolute atomic E-state index is 12.9. The Kier molecular flexibility index (Phi) is 5.87. The number of aromatic hydroxyl groups is 1. The molecule has 170 valence electrons. The quantitative estimate of drug-likeness (QED) is 0.590.